The Balaban J connectivity index is 2.25. The Kier molecular flexibility index (Phi) is 5.51. The molecule has 1 amide bonds. The van der Waals surface area contributed by atoms with Crippen LogP contribution in [0, 0.1) is 5.41 Å². The van der Waals surface area contributed by atoms with Gasteiger partial charge in [-0.3, -0.25) is 4.79 Å². The summed E-state index contributed by atoms with van der Waals surface area (Å²) in [5.41, 5.74) is -1.88. The molecule has 0 aliphatic heterocycles. The minimum atomic E-state index is -4.71. The number of carbonyl (C=O) groups excluding carboxylic acids is 2. The summed E-state index contributed by atoms with van der Waals surface area (Å²) in [7, 11) is -4.03. The number of carbonyl (C=O) groups is 2. The highest BCUT2D eigenvalue weighted by atomic mass is 32.2. The quantitative estimate of drug-likeness (QED) is 0.801. The maximum atomic E-state index is 12.8. The van der Waals surface area contributed by atoms with E-state index in [0.717, 1.165) is 18.6 Å². The van der Waals surface area contributed by atoms with Crippen LogP contribution >= 0.6 is 0 Å². The van der Waals surface area contributed by atoms with Gasteiger partial charge in [-0.15, -0.1) is 0 Å². The highest BCUT2D eigenvalue weighted by Gasteiger charge is 2.34. The van der Waals surface area contributed by atoms with E-state index in [0.29, 0.717) is 37.8 Å². The van der Waals surface area contributed by atoms with Gasteiger partial charge in [-0.05, 0) is 43.9 Å². The second-order valence-electron chi connectivity index (χ2n) is 7.00. The molecule has 2 rings (SSSR count). The molecule has 0 saturated heterocycles. The molecule has 0 radical (unpaired) electrons. The lowest BCUT2D eigenvalue weighted by atomic mass is 9.75. The minimum absolute atomic E-state index is 0.259. The number of nitrogens with one attached hydrogen (secondary N) is 1. The Bertz CT molecular complexity index is 810. The monoisotopic (exact) mass is 391 g/mol. The zero-order valence-electron chi connectivity index (χ0n) is 14.4. The summed E-state index contributed by atoms with van der Waals surface area (Å²) in [5.74, 6) is -0.737. The summed E-state index contributed by atoms with van der Waals surface area (Å²) in [6.07, 6.45) is -0.832. The molecule has 1 saturated carbocycles. The number of amides is 1. The molecule has 0 spiro atoms. The van der Waals surface area contributed by atoms with E-state index in [9.17, 15) is 31.2 Å². The Labute approximate surface area is 149 Å². The van der Waals surface area contributed by atoms with Crippen LogP contribution in [0.1, 0.15) is 48.5 Å². The number of sulfone groups is 1. The number of aldehydes is 1. The van der Waals surface area contributed by atoms with E-state index in [1.807, 2.05) is 6.92 Å². The lowest BCUT2D eigenvalue weighted by Gasteiger charge is -2.33. The molecular weight excluding hydrogens is 371 g/mol. The first-order chi connectivity index (χ1) is 11.9. The number of benzene rings is 1. The number of hydrogen-bond acceptors (Lipinski definition) is 4. The van der Waals surface area contributed by atoms with Crippen molar-refractivity contribution in [2.75, 3.05) is 6.26 Å². The Morgan fingerprint density at radius 2 is 1.85 bits per heavy atom. The van der Waals surface area contributed by atoms with Gasteiger partial charge in [-0.2, -0.15) is 13.2 Å². The smallest absolute Gasteiger partial charge is 0.349 e. The Hall–Kier alpha value is -1.90. The molecule has 1 N–H and O–H groups in total. The molecule has 5 nitrogen and oxygen atoms in total. The molecule has 26 heavy (non-hydrogen) atoms. The van der Waals surface area contributed by atoms with E-state index < -0.39 is 37.8 Å². The van der Waals surface area contributed by atoms with Crippen LogP contribution in [0.4, 0.5) is 13.2 Å². The van der Waals surface area contributed by atoms with Gasteiger partial charge in [0.15, 0.2) is 9.84 Å². The number of alkyl halides is 3. The SMILES string of the molecule is CC1(C=O)CCC(NC(=O)c2ccc(C(F)(F)F)cc2S(C)(=O)=O)CC1. The standard InChI is InChI=1S/C17H20F3NO4S/c1-16(10-22)7-5-12(6-8-16)21-15(23)13-4-3-11(17(18,19)20)9-14(13)26(2,24)25/h3-4,9-10,12H,5-8H2,1-2H3,(H,21,23). The molecule has 1 fully saturated rings. The van der Waals surface area contributed by atoms with E-state index >= 15 is 0 Å². The van der Waals surface area contributed by atoms with Crippen molar-refractivity contribution in [3.05, 3.63) is 29.3 Å². The van der Waals surface area contributed by atoms with Crippen LogP contribution < -0.4 is 5.32 Å². The lowest BCUT2D eigenvalue weighted by Crippen LogP contribution is -2.40. The highest BCUT2D eigenvalue weighted by Crippen LogP contribution is 2.35. The first kappa shape index (κ1) is 20.4. The molecule has 9 heteroatoms. The minimum Gasteiger partial charge on any atom is -0.349 e. The molecule has 0 heterocycles. The zero-order chi connectivity index (χ0) is 19.8. The summed E-state index contributed by atoms with van der Waals surface area (Å²) in [6.45, 7) is 1.83. The van der Waals surface area contributed by atoms with Gasteiger partial charge in [0.05, 0.1) is 16.0 Å². The van der Waals surface area contributed by atoms with Crippen molar-refractivity contribution in [1.29, 1.82) is 0 Å². The summed E-state index contributed by atoms with van der Waals surface area (Å²) in [4.78, 5) is 22.8. The van der Waals surface area contributed by atoms with E-state index in [4.69, 9.17) is 0 Å². The molecule has 0 bridgehead atoms. The highest BCUT2D eigenvalue weighted by molar-refractivity contribution is 7.90. The molecule has 1 aromatic rings. The molecular formula is C17H20F3NO4S. The summed E-state index contributed by atoms with van der Waals surface area (Å²) >= 11 is 0. The second-order valence-corrected chi connectivity index (χ2v) is 8.98. The predicted octanol–water partition coefficient (Wildman–Crippen LogP) is 2.99. The van der Waals surface area contributed by atoms with Gasteiger partial charge in [0.2, 0.25) is 0 Å². The van der Waals surface area contributed by atoms with E-state index in [1.54, 1.807) is 0 Å². The largest absolute Gasteiger partial charge is 0.416 e. The van der Waals surface area contributed by atoms with Gasteiger partial charge >= 0.3 is 6.18 Å². The fraction of sp³-hybridized carbons (Fsp3) is 0.529. The van der Waals surface area contributed by atoms with Crippen LogP contribution in [0.3, 0.4) is 0 Å². The third-order valence-electron chi connectivity index (χ3n) is 4.70. The van der Waals surface area contributed by atoms with Crippen molar-refractivity contribution in [3.63, 3.8) is 0 Å². The summed E-state index contributed by atoms with van der Waals surface area (Å²) in [5, 5.41) is 2.67. The average Bonchev–Trinajstić information content (AvgIpc) is 2.55. The number of hydrogen-bond donors (Lipinski definition) is 1. The van der Waals surface area contributed by atoms with Gasteiger partial charge in [0.25, 0.3) is 5.91 Å². The fourth-order valence-electron chi connectivity index (χ4n) is 3.00. The zero-order valence-corrected chi connectivity index (χ0v) is 15.2. The lowest BCUT2D eigenvalue weighted by molar-refractivity contribution is -0.137. The maximum Gasteiger partial charge on any atom is 0.416 e. The van der Waals surface area contributed by atoms with Crippen molar-refractivity contribution in [3.8, 4) is 0 Å². The molecule has 1 aromatic carbocycles. The maximum absolute atomic E-state index is 12.8. The molecule has 1 aliphatic rings. The van der Waals surface area contributed by atoms with Crippen LogP contribution in [0.5, 0.6) is 0 Å². The second kappa shape index (κ2) is 7.02. The summed E-state index contributed by atoms with van der Waals surface area (Å²) in [6, 6.07) is 1.79. The van der Waals surface area contributed by atoms with Crippen LogP contribution in [-0.4, -0.2) is 32.9 Å². The van der Waals surface area contributed by atoms with Crippen molar-refractivity contribution < 1.29 is 31.2 Å². The third-order valence-corrected chi connectivity index (χ3v) is 5.84. The normalized spacial score (nSPS) is 24.1. The van der Waals surface area contributed by atoms with E-state index in [2.05, 4.69) is 5.32 Å². The molecule has 0 aromatic heterocycles. The Morgan fingerprint density at radius 3 is 2.31 bits per heavy atom. The van der Waals surface area contributed by atoms with E-state index in [1.165, 1.54) is 0 Å². The number of rotatable bonds is 4. The van der Waals surface area contributed by atoms with Crippen molar-refractivity contribution >= 4 is 22.0 Å². The van der Waals surface area contributed by atoms with E-state index in [-0.39, 0.29) is 11.6 Å². The van der Waals surface area contributed by atoms with Gasteiger partial charge in [0.1, 0.15) is 6.29 Å². The van der Waals surface area contributed by atoms with Crippen molar-refractivity contribution in [2.24, 2.45) is 5.41 Å². The predicted molar refractivity (Wildman–Crippen MR) is 88.4 cm³/mol. The van der Waals surface area contributed by atoms with Gasteiger partial charge < -0.3 is 10.1 Å². The molecule has 144 valence electrons. The topological polar surface area (TPSA) is 80.3 Å². The van der Waals surface area contributed by atoms with Gasteiger partial charge in [-0.1, -0.05) is 6.92 Å². The van der Waals surface area contributed by atoms with Crippen molar-refractivity contribution in [1.82, 2.24) is 5.32 Å². The van der Waals surface area contributed by atoms with Crippen LogP contribution in [0.2, 0.25) is 0 Å². The van der Waals surface area contributed by atoms with Crippen LogP contribution in [-0.2, 0) is 20.8 Å². The molecule has 0 unspecified atom stereocenters. The summed E-state index contributed by atoms with van der Waals surface area (Å²) < 4.78 is 62.3. The van der Waals surface area contributed by atoms with Crippen molar-refractivity contribution in [2.45, 2.75) is 49.7 Å². The van der Waals surface area contributed by atoms with Gasteiger partial charge in [0, 0.05) is 17.7 Å². The molecule has 1 aliphatic carbocycles. The van der Waals surface area contributed by atoms with Crippen LogP contribution in [0.15, 0.2) is 23.1 Å². The third kappa shape index (κ3) is 4.63. The van der Waals surface area contributed by atoms with Gasteiger partial charge in [-0.25, -0.2) is 8.42 Å². The molecule has 0 atom stereocenters. The fourth-order valence-corrected chi connectivity index (χ4v) is 3.90. The van der Waals surface area contributed by atoms with Crippen LogP contribution in [0.25, 0.3) is 0 Å². The number of halogens is 3. The first-order valence-corrected chi connectivity index (χ1v) is 9.93. The Morgan fingerprint density at radius 1 is 1.27 bits per heavy atom. The first-order valence-electron chi connectivity index (χ1n) is 8.04. The average molecular weight is 391 g/mol.